The molecule has 0 unspecified atom stereocenters. The summed E-state index contributed by atoms with van der Waals surface area (Å²) in [6.45, 7) is 1.97. The third-order valence-electron chi connectivity index (χ3n) is 7.02. The number of hydrogen-bond donors (Lipinski definition) is 0. The number of hydrogen-bond acceptors (Lipinski definition) is 7. The molecule has 0 radical (unpaired) electrons. The number of fused-ring (bicyclic) bond motifs is 8. The van der Waals surface area contributed by atoms with Gasteiger partial charge in [0, 0.05) is 11.6 Å². The highest BCUT2D eigenvalue weighted by atomic mass is 16.7. The van der Waals surface area contributed by atoms with Crippen LogP contribution in [0.5, 0.6) is 11.5 Å². The second kappa shape index (κ2) is 6.80. The Balaban J connectivity index is 1.35. The number of amides is 2. The third kappa shape index (κ3) is 2.44. The topological polar surface area (TPSA) is 86.7 Å². The van der Waals surface area contributed by atoms with Crippen LogP contribution in [-0.2, 0) is 19.2 Å². The van der Waals surface area contributed by atoms with Crippen LogP contribution in [0.25, 0.3) is 0 Å². The number of aryl methyl sites for hydroxylation is 1. The van der Waals surface area contributed by atoms with Gasteiger partial charge in [0.1, 0.15) is 23.3 Å². The Kier molecular flexibility index (Phi) is 4.10. The van der Waals surface area contributed by atoms with E-state index in [1.54, 1.807) is 32.4 Å². The van der Waals surface area contributed by atoms with Crippen LogP contribution < -0.4 is 14.4 Å². The Morgan fingerprint density at radius 3 is 2.28 bits per heavy atom. The average Bonchev–Trinajstić information content (AvgIpc) is 3.54. The Hall–Kier alpha value is -3.39. The van der Waals surface area contributed by atoms with Crippen molar-refractivity contribution in [3.05, 3.63) is 53.6 Å². The summed E-state index contributed by atoms with van der Waals surface area (Å²) in [6, 6.07) is 12.9. The number of imide groups is 1. The van der Waals surface area contributed by atoms with Gasteiger partial charge in [0.05, 0.1) is 43.8 Å². The second-order valence-corrected chi connectivity index (χ2v) is 8.60. The molecule has 3 saturated heterocycles. The molecule has 3 fully saturated rings. The summed E-state index contributed by atoms with van der Waals surface area (Å²) in [4.78, 5) is 33.8. The monoisotopic (exact) mass is 434 g/mol. The van der Waals surface area contributed by atoms with Crippen LogP contribution in [0.2, 0.25) is 0 Å². The number of oxime groups is 1. The molecule has 4 heterocycles. The van der Waals surface area contributed by atoms with Crippen molar-refractivity contribution in [1.29, 1.82) is 0 Å². The van der Waals surface area contributed by atoms with Gasteiger partial charge in [0.2, 0.25) is 11.8 Å². The van der Waals surface area contributed by atoms with E-state index in [9.17, 15) is 9.59 Å². The third-order valence-corrected chi connectivity index (χ3v) is 7.02. The summed E-state index contributed by atoms with van der Waals surface area (Å²) in [5, 5.41) is 4.34. The summed E-state index contributed by atoms with van der Waals surface area (Å²) < 4.78 is 17.0. The molecule has 8 nitrogen and oxygen atoms in total. The van der Waals surface area contributed by atoms with Crippen molar-refractivity contribution >= 4 is 23.2 Å². The minimum Gasteiger partial charge on any atom is -0.497 e. The lowest BCUT2D eigenvalue weighted by Gasteiger charge is -2.26. The Labute approximate surface area is 184 Å². The number of ether oxygens (including phenoxy) is 3. The maximum absolute atomic E-state index is 13.4. The molecule has 4 aliphatic rings. The zero-order valence-corrected chi connectivity index (χ0v) is 17.8. The van der Waals surface area contributed by atoms with E-state index in [1.165, 1.54) is 4.90 Å². The van der Waals surface area contributed by atoms with Crippen LogP contribution >= 0.6 is 0 Å². The van der Waals surface area contributed by atoms with Crippen molar-refractivity contribution in [1.82, 2.24) is 0 Å². The molecule has 164 valence electrons. The molecular weight excluding hydrogens is 412 g/mol. The van der Waals surface area contributed by atoms with E-state index < -0.39 is 30.1 Å². The van der Waals surface area contributed by atoms with E-state index in [4.69, 9.17) is 19.0 Å². The maximum atomic E-state index is 13.4. The van der Waals surface area contributed by atoms with Gasteiger partial charge in [-0.25, -0.2) is 4.90 Å². The number of carbonyl (C=O) groups excluding carboxylic acids is 2. The fourth-order valence-electron chi connectivity index (χ4n) is 5.54. The van der Waals surface area contributed by atoms with E-state index in [0.29, 0.717) is 22.9 Å². The molecule has 2 aromatic rings. The van der Waals surface area contributed by atoms with Gasteiger partial charge in [-0.15, -0.1) is 0 Å². The van der Waals surface area contributed by atoms with Gasteiger partial charge in [-0.2, -0.15) is 0 Å². The first kappa shape index (κ1) is 19.3. The predicted molar refractivity (Wildman–Crippen MR) is 114 cm³/mol. The van der Waals surface area contributed by atoms with E-state index in [1.807, 2.05) is 31.2 Å². The lowest BCUT2D eigenvalue weighted by Crippen LogP contribution is -2.45. The molecular formula is C24H22N2O6. The molecule has 2 amide bonds. The maximum Gasteiger partial charge on any atom is 0.240 e. The molecule has 2 aromatic carbocycles. The van der Waals surface area contributed by atoms with Gasteiger partial charge in [0.25, 0.3) is 0 Å². The molecule has 6 rings (SSSR count). The highest BCUT2D eigenvalue weighted by molar-refractivity contribution is 6.23. The van der Waals surface area contributed by atoms with Crippen molar-refractivity contribution < 1.29 is 28.6 Å². The molecule has 6 atom stereocenters. The van der Waals surface area contributed by atoms with Crippen LogP contribution in [-0.4, -0.2) is 50.1 Å². The van der Waals surface area contributed by atoms with Gasteiger partial charge in [0.15, 0.2) is 6.10 Å². The van der Waals surface area contributed by atoms with Crippen molar-refractivity contribution in [3.8, 4) is 11.5 Å². The first-order valence-corrected chi connectivity index (χ1v) is 10.6. The summed E-state index contributed by atoms with van der Waals surface area (Å²) in [7, 11) is 3.17. The van der Waals surface area contributed by atoms with Crippen LogP contribution in [0.1, 0.15) is 11.1 Å². The van der Waals surface area contributed by atoms with Crippen molar-refractivity contribution in [2.75, 3.05) is 19.1 Å². The van der Waals surface area contributed by atoms with Crippen molar-refractivity contribution in [2.24, 2.45) is 22.9 Å². The Bertz CT molecular complexity index is 1160. The zero-order chi connectivity index (χ0) is 22.1. The summed E-state index contributed by atoms with van der Waals surface area (Å²) in [6.07, 6.45) is -1.39. The summed E-state index contributed by atoms with van der Waals surface area (Å²) in [5.74, 6) is -0.540. The number of benzene rings is 2. The fourth-order valence-corrected chi connectivity index (χ4v) is 5.54. The Morgan fingerprint density at radius 2 is 1.59 bits per heavy atom. The zero-order valence-electron chi connectivity index (χ0n) is 17.8. The van der Waals surface area contributed by atoms with E-state index in [0.717, 1.165) is 11.1 Å². The smallest absolute Gasteiger partial charge is 0.240 e. The molecule has 0 N–H and O–H groups in total. The van der Waals surface area contributed by atoms with Crippen molar-refractivity contribution in [2.45, 2.75) is 25.2 Å². The molecule has 8 heteroatoms. The average molecular weight is 434 g/mol. The van der Waals surface area contributed by atoms with Crippen LogP contribution in [0.4, 0.5) is 5.69 Å². The SMILES string of the molecule is COc1ccc(C2=NO[C@@H]3[C@H]4O[C@@H]([C@H]23)[C@H]2C(=O)N(c3ccc(C)cc3)C(=O)[C@@H]42)c(OC)c1. The lowest BCUT2D eigenvalue weighted by molar-refractivity contribution is -0.125. The molecule has 0 saturated carbocycles. The van der Waals surface area contributed by atoms with Gasteiger partial charge in [-0.1, -0.05) is 22.9 Å². The number of anilines is 1. The van der Waals surface area contributed by atoms with Crippen LogP contribution in [0.15, 0.2) is 47.6 Å². The number of nitrogens with zero attached hydrogens (tertiary/aromatic N) is 2. The standard InChI is InChI=1S/C24H22N2O6/c1-11-4-6-12(7-5-11)26-23(27)16-17(24(26)28)21-22-18(20(16)31-21)19(25-32-22)14-9-8-13(29-2)10-15(14)30-3/h4-10,16-18,20-22H,1-3H3/t16-,17+,18-,20+,21-,22-/m0/s1. The fraction of sp³-hybridized carbons (Fsp3) is 0.375. The van der Waals surface area contributed by atoms with E-state index in [-0.39, 0.29) is 17.7 Å². The normalized spacial score (nSPS) is 32.0. The van der Waals surface area contributed by atoms with Gasteiger partial charge in [-0.3, -0.25) is 9.59 Å². The van der Waals surface area contributed by atoms with E-state index >= 15 is 0 Å². The summed E-state index contributed by atoms with van der Waals surface area (Å²) in [5.41, 5.74) is 3.10. The molecule has 32 heavy (non-hydrogen) atoms. The first-order chi connectivity index (χ1) is 15.5. The summed E-state index contributed by atoms with van der Waals surface area (Å²) >= 11 is 0. The molecule has 0 aromatic heterocycles. The minimum atomic E-state index is -0.553. The molecule has 4 aliphatic heterocycles. The van der Waals surface area contributed by atoms with Crippen LogP contribution in [0.3, 0.4) is 0 Å². The van der Waals surface area contributed by atoms with Crippen molar-refractivity contribution in [3.63, 3.8) is 0 Å². The molecule has 0 spiro atoms. The quantitative estimate of drug-likeness (QED) is 0.687. The minimum absolute atomic E-state index is 0.220. The Morgan fingerprint density at radius 1 is 0.875 bits per heavy atom. The predicted octanol–water partition coefficient (Wildman–Crippen LogP) is 2.32. The number of carbonyl (C=O) groups is 2. The second-order valence-electron chi connectivity index (χ2n) is 8.60. The van der Waals surface area contributed by atoms with Gasteiger partial charge < -0.3 is 19.0 Å². The molecule has 2 bridgehead atoms. The largest absolute Gasteiger partial charge is 0.497 e. The first-order valence-electron chi connectivity index (χ1n) is 10.6. The van der Waals surface area contributed by atoms with Gasteiger partial charge >= 0.3 is 0 Å². The van der Waals surface area contributed by atoms with Crippen LogP contribution in [0, 0.1) is 24.7 Å². The van der Waals surface area contributed by atoms with Gasteiger partial charge in [-0.05, 0) is 31.2 Å². The number of methoxy groups -OCH3 is 2. The highest BCUT2D eigenvalue weighted by Gasteiger charge is 2.72. The number of rotatable bonds is 4. The molecule has 0 aliphatic carbocycles. The van der Waals surface area contributed by atoms with E-state index in [2.05, 4.69) is 5.16 Å². The highest BCUT2D eigenvalue weighted by Crippen LogP contribution is 2.55. The lowest BCUT2D eigenvalue weighted by atomic mass is 9.71.